The maximum atomic E-state index is 12.4. The van der Waals surface area contributed by atoms with Gasteiger partial charge in [0.15, 0.2) is 5.75 Å². The number of hydrogen-bond donors (Lipinski definition) is 3. The van der Waals surface area contributed by atoms with Gasteiger partial charge < -0.3 is 15.5 Å². The molecule has 2 aromatic heterocycles. The van der Waals surface area contributed by atoms with Crippen molar-refractivity contribution in [1.29, 1.82) is 0 Å². The van der Waals surface area contributed by atoms with Crippen molar-refractivity contribution in [3.63, 3.8) is 0 Å². The topological polar surface area (TPSA) is 113 Å². The summed E-state index contributed by atoms with van der Waals surface area (Å²) >= 11 is 0. The van der Waals surface area contributed by atoms with Gasteiger partial charge in [-0.1, -0.05) is 13.8 Å². The van der Waals surface area contributed by atoms with Gasteiger partial charge in [-0.25, -0.2) is 4.68 Å². The summed E-state index contributed by atoms with van der Waals surface area (Å²) in [5.74, 6) is -2.57. The number of aliphatic carboxylic acids is 1. The molecule has 0 saturated heterocycles. The van der Waals surface area contributed by atoms with E-state index in [4.69, 9.17) is 5.11 Å². The number of aromatic hydroxyl groups is 1. The summed E-state index contributed by atoms with van der Waals surface area (Å²) in [6.45, 7) is 3.20. The molecule has 8 nitrogen and oxygen atoms in total. The fourth-order valence-corrected chi connectivity index (χ4v) is 2.65. The Hall–Kier alpha value is -2.77. The molecular weight excluding hydrogens is 302 g/mol. The van der Waals surface area contributed by atoms with Crippen molar-refractivity contribution in [2.24, 2.45) is 7.05 Å². The van der Waals surface area contributed by atoms with E-state index in [1.54, 1.807) is 4.52 Å². The molecule has 2 heterocycles. The minimum absolute atomic E-state index is 0.395. The highest BCUT2D eigenvalue weighted by Crippen LogP contribution is 2.28. The Balaban J connectivity index is 2.75. The molecule has 8 heteroatoms. The number of hydrogen-bond acceptors (Lipinski definition) is 4. The second-order valence-corrected chi connectivity index (χ2v) is 5.16. The molecule has 1 amide bonds. The predicted octanol–water partition coefficient (Wildman–Crippen LogP) is 0.283. The first-order valence-electron chi connectivity index (χ1n) is 7.28. The zero-order valence-corrected chi connectivity index (χ0v) is 13.2. The maximum absolute atomic E-state index is 12.4. The van der Waals surface area contributed by atoms with E-state index in [2.05, 4.69) is 5.32 Å². The van der Waals surface area contributed by atoms with Crippen LogP contribution in [-0.2, 0) is 24.7 Å². The molecule has 0 aromatic carbocycles. The van der Waals surface area contributed by atoms with Gasteiger partial charge in [0.05, 0.1) is 0 Å². The third-order valence-electron chi connectivity index (χ3n) is 3.77. The largest absolute Gasteiger partial charge is 0.505 e. The van der Waals surface area contributed by atoms with E-state index in [-0.39, 0.29) is 0 Å². The van der Waals surface area contributed by atoms with Crippen molar-refractivity contribution in [1.82, 2.24) is 14.5 Å². The van der Waals surface area contributed by atoms with Crippen molar-refractivity contribution in [2.75, 3.05) is 6.54 Å². The molecule has 3 N–H and O–H groups in total. The quantitative estimate of drug-likeness (QED) is 0.732. The lowest BCUT2D eigenvalue weighted by atomic mass is 10.1. The third-order valence-corrected chi connectivity index (χ3v) is 3.77. The third kappa shape index (κ3) is 2.67. The first kappa shape index (κ1) is 16.6. The van der Waals surface area contributed by atoms with Gasteiger partial charge in [-0.05, 0) is 24.5 Å². The lowest BCUT2D eigenvalue weighted by Gasteiger charge is -2.13. The molecule has 2 rings (SSSR count). The summed E-state index contributed by atoms with van der Waals surface area (Å²) in [6.07, 6.45) is 1.27. The van der Waals surface area contributed by atoms with Crippen molar-refractivity contribution in [2.45, 2.75) is 26.7 Å². The van der Waals surface area contributed by atoms with Crippen LogP contribution in [0.3, 0.4) is 0 Å². The smallest absolute Gasteiger partial charge is 0.322 e. The van der Waals surface area contributed by atoms with Gasteiger partial charge in [-0.3, -0.25) is 18.9 Å². The average molecular weight is 321 g/mol. The van der Waals surface area contributed by atoms with E-state index in [1.807, 2.05) is 19.9 Å². The number of aryl methyl sites for hydroxylation is 3. The fourth-order valence-electron chi connectivity index (χ4n) is 2.65. The Morgan fingerprint density at radius 1 is 1.26 bits per heavy atom. The summed E-state index contributed by atoms with van der Waals surface area (Å²) in [6, 6.07) is 1.88. The molecule has 0 spiro atoms. The minimum atomic E-state index is -1.24. The molecule has 0 bridgehead atoms. The van der Waals surface area contributed by atoms with Crippen molar-refractivity contribution in [3.05, 3.63) is 33.2 Å². The van der Waals surface area contributed by atoms with Crippen molar-refractivity contribution >= 4 is 17.4 Å². The van der Waals surface area contributed by atoms with Crippen LogP contribution in [0.2, 0.25) is 0 Å². The highest BCUT2D eigenvalue weighted by atomic mass is 16.4. The molecule has 2 aromatic rings. The normalized spacial score (nSPS) is 10.9. The highest BCUT2D eigenvalue weighted by molar-refractivity contribution is 6.00. The number of fused-ring (bicyclic) bond motifs is 1. The van der Waals surface area contributed by atoms with Crippen LogP contribution in [0.15, 0.2) is 10.9 Å². The Morgan fingerprint density at radius 2 is 1.91 bits per heavy atom. The van der Waals surface area contributed by atoms with Crippen LogP contribution in [0.25, 0.3) is 5.52 Å². The number of nitrogens with one attached hydrogen (secondary N) is 1. The van der Waals surface area contributed by atoms with E-state index in [0.717, 1.165) is 11.3 Å². The lowest BCUT2D eigenvalue weighted by molar-refractivity contribution is -0.135. The fraction of sp³-hybridized carbons (Fsp3) is 0.400. The van der Waals surface area contributed by atoms with Gasteiger partial charge in [0.1, 0.15) is 17.6 Å². The van der Waals surface area contributed by atoms with Crippen LogP contribution < -0.4 is 10.9 Å². The second-order valence-electron chi connectivity index (χ2n) is 5.16. The Bertz CT molecular complexity index is 847. The zero-order valence-electron chi connectivity index (χ0n) is 13.2. The SMILES string of the molecule is CCc1cc(CC)n2c1c(O)c(C(=O)NCC(=O)O)c(=O)n2C. The Labute approximate surface area is 131 Å². The minimum Gasteiger partial charge on any atom is -0.505 e. The molecule has 0 aliphatic carbocycles. The monoisotopic (exact) mass is 321 g/mol. The van der Waals surface area contributed by atoms with Gasteiger partial charge in [-0.15, -0.1) is 0 Å². The zero-order chi connectivity index (χ0) is 17.3. The number of carbonyl (C=O) groups is 2. The first-order valence-corrected chi connectivity index (χ1v) is 7.28. The number of carboxylic acids is 1. The van der Waals surface area contributed by atoms with Gasteiger partial charge in [0.2, 0.25) is 0 Å². The molecule has 0 radical (unpaired) electrons. The van der Waals surface area contributed by atoms with Crippen LogP contribution >= 0.6 is 0 Å². The van der Waals surface area contributed by atoms with Crippen molar-refractivity contribution in [3.8, 4) is 5.75 Å². The number of carboxylic acid groups (broad SMARTS) is 1. The first-order chi connectivity index (χ1) is 10.8. The number of nitrogens with zero attached hydrogens (tertiary/aromatic N) is 2. The van der Waals surface area contributed by atoms with Crippen molar-refractivity contribution < 1.29 is 19.8 Å². The van der Waals surface area contributed by atoms with E-state index in [1.165, 1.54) is 11.7 Å². The standard InChI is InChI=1S/C15H19N3O5/c1-4-8-6-9(5-2)18-12(8)13(21)11(15(23)17(18)3)14(22)16-7-10(19)20/h6,21H,4-5,7H2,1-3H3,(H,16,22)(H,19,20). The number of aromatic nitrogens is 2. The molecule has 0 aliphatic rings. The average Bonchev–Trinajstić information content (AvgIpc) is 2.89. The van der Waals surface area contributed by atoms with Gasteiger partial charge in [-0.2, -0.15) is 0 Å². The summed E-state index contributed by atoms with van der Waals surface area (Å²) < 4.78 is 2.84. The number of carbonyl (C=O) groups excluding carboxylic acids is 1. The molecule has 0 fully saturated rings. The number of rotatable bonds is 5. The highest BCUT2D eigenvalue weighted by Gasteiger charge is 2.24. The van der Waals surface area contributed by atoms with Gasteiger partial charge >= 0.3 is 5.97 Å². The van der Waals surface area contributed by atoms with E-state index < -0.39 is 35.3 Å². The summed E-state index contributed by atoms with van der Waals surface area (Å²) in [5.41, 5.74) is 0.904. The second kappa shape index (κ2) is 6.15. The van der Waals surface area contributed by atoms with Crippen LogP contribution in [-0.4, -0.2) is 37.8 Å². The molecule has 0 saturated carbocycles. The predicted molar refractivity (Wildman–Crippen MR) is 83.0 cm³/mol. The van der Waals surface area contributed by atoms with Gasteiger partial charge in [0, 0.05) is 12.7 Å². The molecule has 0 unspecified atom stereocenters. The number of amides is 1. The molecule has 0 atom stereocenters. The molecular formula is C15H19N3O5. The summed E-state index contributed by atoms with van der Waals surface area (Å²) in [7, 11) is 1.50. The van der Waals surface area contributed by atoms with Crippen LogP contribution in [0.4, 0.5) is 0 Å². The van der Waals surface area contributed by atoms with E-state index >= 15 is 0 Å². The van der Waals surface area contributed by atoms with Gasteiger partial charge in [0.25, 0.3) is 11.5 Å². The maximum Gasteiger partial charge on any atom is 0.322 e. The lowest BCUT2D eigenvalue weighted by Crippen LogP contribution is -2.37. The molecule has 124 valence electrons. The van der Waals surface area contributed by atoms with Crippen LogP contribution in [0.1, 0.15) is 35.5 Å². The van der Waals surface area contributed by atoms with E-state index in [0.29, 0.717) is 18.4 Å². The Kier molecular flexibility index (Phi) is 4.44. The molecule has 0 aliphatic heterocycles. The van der Waals surface area contributed by atoms with Crippen LogP contribution in [0.5, 0.6) is 5.75 Å². The summed E-state index contributed by atoms with van der Waals surface area (Å²) in [4.78, 5) is 35.1. The van der Waals surface area contributed by atoms with E-state index in [9.17, 15) is 19.5 Å². The van der Waals surface area contributed by atoms with Crippen LogP contribution in [0, 0.1) is 0 Å². The Morgan fingerprint density at radius 3 is 2.43 bits per heavy atom. The molecule has 23 heavy (non-hydrogen) atoms. The summed E-state index contributed by atoms with van der Waals surface area (Å²) in [5, 5.41) is 21.2.